The van der Waals surface area contributed by atoms with Crippen molar-refractivity contribution < 1.29 is 4.57 Å². The molecule has 1 nitrogen and oxygen atoms in total. The molecule has 0 fully saturated rings. The zero-order valence-corrected chi connectivity index (χ0v) is 43.7. The van der Waals surface area contributed by atoms with Gasteiger partial charge in [-0.15, -0.1) is 0 Å². The minimum atomic E-state index is 1.22. The van der Waals surface area contributed by atoms with Crippen molar-refractivity contribution in [1.29, 1.82) is 0 Å². The van der Waals surface area contributed by atoms with E-state index in [0.29, 0.717) is 0 Å². The minimum absolute atomic E-state index is 1.22. The molecule has 0 atom stereocenters. The average Bonchev–Trinajstić information content (AvgIpc) is 3.28. The predicted octanol–water partition coefficient (Wildman–Crippen LogP) is 21.6. The van der Waals surface area contributed by atoms with E-state index in [1.807, 2.05) is 0 Å². The van der Waals surface area contributed by atoms with Gasteiger partial charge < -0.3 is 0 Å². The fourth-order valence-electron chi connectivity index (χ4n) is 10.1. The van der Waals surface area contributed by atoms with Crippen LogP contribution >= 0.6 is 0 Å². The third kappa shape index (κ3) is 44.4. The standard InChI is InChI=1S/C61H118N/c1-4-7-10-13-16-19-22-25-28-31-33-36-39-42-45-48-51-54-60-57-61(55-52-49-46-43-40-37-34-32-29-26-23-20-17-14-11-8-5-2)59-62(58-60)56-53-50-47-44-41-38-35-30-27-24-21-18-15-12-9-6-3/h57-59H,4-56H2,1-3H3/q+1. The van der Waals surface area contributed by atoms with E-state index < -0.39 is 0 Å². The lowest BCUT2D eigenvalue weighted by Crippen LogP contribution is -2.34. The third-order valence-corrected chi connectivity index (χ3v) is 14.4. The molecule has 0 amide bonds. The molecule has 366 valence electrons. The summed E-state index contributed by atoms with van der Waals surface area (Å²) in [7, 11) is 0. The van der Waals surface area contributed by atoms with Crippen molar-refractivity contribution in [3.63, 3.8) is 0 Å². The van der Waals surface area contributed by atoms with Crippen LogP contribution in [0.15, 0.2) is 18.5 Å². The molecule has 0 spiro atoms. The van der Waals surface area contributed by atoms with Crippen molar-refractivity contribution >= 4 is 0 Å². The maximum atomic E-state index is 2.61. The first-order chi connectivity index (χ1) is 30.8. The Hall–Kier alpha value is -0.850. The van der Waals surface area contributed by atoms with Gasteiger partial charge in [0.2, 0.25) is 0 Å². The molecule has 0 aliphatic carbocycles. The van der Waals surface area contributed by atoms with E-state index in [1.54, 1.807) is 11.1 Å². The summed E-state index contributed by atoms with van der Waals surface area (Å²) >= 11 is 0. The molecule has 0 radical (unpaired) electrons. The van der Waals surface area contributed by atoms with Gasteiger partial charge in [0.15, 0.2) is 12.4 Å². The molecule has 0 unspecified atom stereocenters. The number of aryl methyl sites for hydroxylation is 3. The highest BCUT2D eigenvalue weighted by Gasteiger charge is 2.09. The van der Waals surface area contributed by atoms with Crippen LogP contribution in [-0.4, -0.2) is 0 Å². The van der Waals surface area contributed by atoms with E-state index in [4.69, 9.17) is 0 Å². The van der Waals surface area contributed by atoms with Gasteiger partial charge in [-0.05, 0) is 38.2 Å². The van der Waals surface area contributed by atoms with E-state index >= 15 is 0 Å². The van der Waals surface area contributed by atoms with Gasteiger partial charge in [0.1, 0.15) is 6.54 Å². The van der Waals surface area contributed by atoms with Crippen molar-refractivity contribution in [3.05, 3.63) is 29.6 Å². The molecule has 0 aliphatic heterocycles. The molecule has 1 heteroatoms. The summed E-state index contributed by atoms with van der Waals surface area (Å²) in [4.78, 5) is 0. The topological polar surface area (TPSA) is 3.88 Å². The molecule has 1 rings (SSSR count). The lowest BCUT2D eigenvalue weighted by molar-refractivity contribution is -0.698. The normalized spacial score (nSPS) is 11.7. The highest BCUT2D eigenvalue weighted by molar-refractivity contribution is 5.15. The molecule has 0 N–H and O–H groups in total. The van der Waals surface area contributed by atoms with E-state index in [-0.39, 0.29) is 0 Å². The number of aromatic nitrogens is 1. The van der Waals surface area contributed by atoms with Crippen molar-refractivity contribution in [3.8, 4) is 0 Å². The van der Waals surface area contributed by atoms with Crippen LogP contribution in [-0.2, 0) is 19.4 Å². The Morgan fingerprint density at radius 3 is 0.613 bits per heavy atom. The SMILES string of the molecule is CCCCCCCCCCCCCCCCCCCc1cc(CCCCCCCCCCCCCCCCCCC)c[n+](CCCCCCCCCCCCCCCCCC)c1. The van der Waals surface area contributed by atoms with Crippen molar-refractivity contribution in [2.24, 2.45) is 0 Å². The Bertz CT molecular complexity index is 910. The van der Waals surface area contributed by atoms with Gasteiger partial charge in [-0.3, -0.25) is 0 Å². The van der Waals surface area contributed by atoms with Gasteiger partial charge in [0, 0.05) is 17.5 Å². The number of rotatable bonds is 53. The molecule has 1 aromatic rings. The largest absolute Gasteiger partial charge is 0.205 e. The van der Waals surface area contributed by atoms with Crippen LogP contribution in [0.5, 0.6) is 0 Å². The Labute approximate surface area is 393 Å². The van der Waals surface area contributed by atoms with Gasteiger partial charge in [-0.2, -0.15) is 0 Å². The zero-order valence-electron chi connectivity index (χ0n) is 43.7. The summed E-state index contributed by atoms with van der Waals surface area (Å²) in [6.45, 7) is 8.17. The lowest BCUT2D eigenvalue weighted by Gasteiger charge is -2.08. The highest BCUT2D eigenvalue weighted by Crippen LogP contribution is 2.19. The van der Waals surface area contributed by atoms with Crippen molar-refractivity contribution in [1.82, 2.24) is 0 Å². The predicted molar refractivity (Wildman–Crippen MR) is 282 cm³/mol. The van der Waals surface area contributed by atoms with Crippen molar-refractivity contribution in [2.45, 2.75) is 361 Å². The first kappa shape index (κ1) is 59.2. The van der Waals surface area contributed by atoms with Crippen LogP contribution in [0.1, 0.15) is 353 Å². The Morgan fingerprint density at radius 2 is 0.403 bits per heavy atom. The number of nitrogens with zero attached hydrogens (tertiary/aromatic N) is 1. The van der Waals surface area contributed by atoms with Gasteiger partial charge in [-0.25, -0.2) is 4.57 Å². The summed E-state index contributed by atoms with van der Waals surface area (Å²) in [5.74, 6) is 0. The van der Waals surface area contributed by atoms with Crippen LogP contribution in [0.3, 0.4) is 0 Å². The Balaban J connectivity index is 2.26. The number of pyridine rings is 1. The molecule has 1 aromatic heterocycles. The molecule has 0 bridgehead atoms. The van der Waals surface area contributed by atoms with Crippen molar-refractivity contribution in [2.75, 3.05) is 0 Å². The molecule has 0 saturated carbocycles. The second kappa shape index (κ2) is 51.1. The quantitative estimate of drug-likeness (QED) is 0.0454. The smallest absolute Gasteiger partial charge is 0.171 e. The van der Waals surface area contributed by atoms with Crippen LogP contribution in [0, 0.1) is 0 Å². The van der Waals surface area contributed by atoms with Gasteiger partial charge in [-0.1, -0.05) is 316 Å². The fraction of sp³-hybridized carbons (Fsp3) is 0.918. The van der Waals surface area contributed by atoms with E-state index in [0.717, 1.165) is 0 Å². The molecule has 1 heterocycles. The fourth-order valence-corrected chi connectivity index (χ4v) is 10.1. The third-order valence-electron chi connectivity index (χ3n) is 14.4. The Kier molecular flexibility index (Phi) is 48.8. The van der Waals surface area contributed by atoms with Crippen LogP contribution in [0.25, 0.3) is 0 Å². The van der Waals surface area contributed by atoms with E-state index in [2.05, 4.69) is 43.8 Å². The molecular weight excluding hydrogens is 747 g/mol. The molecule has 62 heavy (non-hydrogen) atoms. The average molecular weight is 866 g/mol. The molecular formula is C61H118N+. The number of hydrogen-bond donors (Lipinski definition) is 0. The van der Waals surface area contributed by atoms with Gasteiger partial charge >= 0.3 is 0 Å². The van der Waals surface area contributed by atoms with Gasteiger partial charge in [0.05, 0.1) is 0 Å². The van der Waals surface area contributed by atoms with E-state index in [9.17, 15) is 0 Å². The highest BCUT2D eigenvalue weighted by atomic mass is 14.9. The van der Waals surface area contributed by atoms with Gasteiger partial charge in [0.25, 0.3) is 0 Å². The first-order valence-electron chi connectivity index (χ1n) is 29.8. The summed E-state index contributed by atoms with van der Waals surface area (Å²) in [6, 6.07) is 2.60. The maximum Gasteiger partial charge on any atom is 0.171 e. The molecule has 0 aliphatic rings. The minimum Gasteiger partial charge on any atom is -0.205 e. The maximum absolute atomic E-state index is 2.61. The summed E-state index contributed by atoms with van der Waals surface area (Å²) < 4.78 is 2.61. The first-order valence-corrected chi connectivity index (χ1v) is 29.8. The van der Waals surface area contributed by atoms with Crippen LogP contribution in [0.2, 0.25) is 0 Å². The molecule has 0 aromatic carbocycles. The second-order valence-corrected chi connectivity index (χ2v) is 20.9. The zero-order chi connectivity index (χ0) is 44.3. The lowest BCUT2D eigenvalue weighted by atomic mass is 10.0. The summed E-state index contributed by atoms with van der Waals surface area (Å²) in [6.07, 6.45) is 80.2. The number of unbranched alkanes of at least 4 members (excludes halogenated alkanes) is 47. The number of hydrogen-bond acceptors (Lipinski definition) is 0. The molecule has 0 saturated heterocycles. The second-order valence-electron chi connectivity index (χ2n) is 20.9. The van der Waals surface area contributed by atoms with E-state index in [1.165, 1.54) is 340 Å². The van der Waals surface area contributed by atoms with Crippen LogP contribution in [0.4, 0.5) is 0 Å². The summed E-state index contributed by atoms with van der Waals surface area (Å²) in [5.41, 5.74) is 3.24. The van der Waals surface area contributed by atoms with Crippen LogP contribution < -0.4 is 4.57 Å². The Morgan fingerprint density at radius 1 is 0.226 bits per heavy atom. The summed E-state index contributed by atoms with van der Waals surface area (Å²) in [5, 5.41) is 0. The monoisotopic (exact) mass is 865 g/mol.